The Balaban J connectivity index is 0.00000162. The topological polar surface area (TPSA) is 46.3 Å². The number of benzene rings is 1. The van der Waals surface area contributed by atoms with Crippen LogP contribution in [0.2, 0.25) is 5.02 Å². The molecule has 0 bridgehead atoms. The molecule has 1 fully saturated rings. The molecule has 0 unspecified atom stereocenters. The predicted molar refractivity (Wildman–Crippen MR) is 76.5 cm³/mol. The number of hydrogen-bond donors (Lipinski definition) is 1. The molecule has 1 aromatic carbocycles. The highest BCUT2D eigenvalue weighted by Gasteiger charge is 2.23. The van der Waals surface area contributed by atoms with Crippen molar-refractivity contribution in [2.24, 2.45) is 5.73 Å². The van der Waals surface area contributed by atoms with Gasteiger partial charge in [-0.15, -0.1) is 12.4 Å². The zero-order valence-corrected chi connectivity index (χ0v) is 11.9. The zero-order valence-electron chi connectivity index (χ0n) is 10.4. The zero-order chi connectivity index (χ0) is 12.4. The van der Waals surface area contributed by atoms with Crippen molar-refractivity contribution in [1.29, 1.82) is 0 Å². The lowest BCUT2D eigenvalue weighted by Crippen LogP contribution is -2.45. The summed E-state index contributed by atoms with van der Waals surface area (Å²) < 4.78 is 0. The molecular weight excluding hydrogens is 271 g/mol. The number of halogens is 2. The monoisotopic (exact) mass is 288 g/mol. The lowest BCUT2D eigenvalue weighted by molar-refractivity contribution is 0.0708. The number of aryl methyl sites for hydroxylation is 1. The van der Waals surface area contributed by atoms with E-state index in [1.54, 1.807) is 12.1 Å². The van der Waals surface area contributed by atoms with Crippen molar-refractivity contribution in [2.75, 3.05) is 13.1 Å². The van der Waals surface area contributed by atoms with Crippen LogP contribution in [0.15, 0.2) is 18.2 Å². The third-order valence-electron chi connectivity index (χ3n) is 3.16. The van der Waals surface area contributed by atoms with Gasteiger partial charge < -0.3 is 10.6 Å². The van der Waals surface area contributed by atoms with E-state index < -0.39 is 0 Å². The van der Waals surface area contributed by atoms with Gasteiger partial charge in [-0.2, -0.15) is 0 Å². The Labute approximate surface area is 119 Å². The molecular formula is C13H18Cl2N2O. The molecule has 1 saturated heterocycles. The third kappa shape index (κ3) is 3.37. The van der Waals surface area contributed by atoms with Gasteiger partial charge in [-0.3, -0.25) is 4.79 Å². The van der Waals surface area contributed by atoms with Gasteiger partial charge in [-0.05, 0) is 43.5 Å². The third-order valence-corrected chi connectivity index (χ3v) is 3.40. The van der Waals surface area contributed by atoms with Crippen molar-refractivity contribution < 1.29 is 4.79 Å². The van der Waals surface area contributed by atoms with Gasteiger partial charge in [0.05, 0.1) is 0 Å². The number of rotatable bonds is 1. The number of carbonyl (C=O) groups excluding carboxylic acids is 1. The normalized spacial score (nSPS) is 19.3. The van der Waals surface area contributed by atoms with E-state index in [0.717, 1.165) is 30.5 Å². The Morgan fingerprint density at radius 1 is 1.50 bits per heavy atom. The Hall–Kier alpha value is -0.770. The summed E-state index contributed by atoms with van der Waals surface area (Å²) in [6, 6.07) is 5.48. The fourth-order valence-corrected chi connectivity index (χ4v) is 2.46. The van der Waals surface area contributed by atoms with E-state index in [1.807, 2.05) is 17.9 Å². The van der Waals surface area contributed by atoms with Crippen molar-refractivity contribution in [3.63, 3.8) is 0 Å². The van der Waals surface area contributed by atoms with E-state index in [1.165, 1.54) is 0 Å². The summed E-state index contributed by atoms with van der Waals surface area (Å²) in [6.45, 7) is 3.36. The average Bonchev–Trinajstić information content (AvgIpc) is 2.28. The molecule has 1 amide bonds. The fourth-order valence-electron chi connectivity index (χ4n) is 2.23. The molecule has 2 N–H and O–H groups in total. The molecule has 0 aromatic heterocycles. The summed E-state index contributed by atoms with van der Waals surface area (Å²) >= 11 is 5.89. The van der Waals surface area contributed by atoms with Gasteiger partial charge in [0.15, 0.2) is 0 Å². The summed E-state index contributed by atoms with van der Waals surface area (Å²) in [5, 5.41) is 0.661. The maximum Gasteiger partial charge on any atom is 0.254 e. The molecule has 3 nitrogen and oxygen atoms in total. The number of carbonyl (C=O) groups is 1. The molecule has 0 radical (unpaired) electrons. The SMILES string of the molecule is Cc1cc(Cl)ccc1C(=O)N1CCC[C@@H](N)C1.Cl. The largest absolute Gasteiger partial charge is 0.337 e. The van der Waals surface area contributed by atoms with Crippen LogP contribution >= 0.6 is 24.0 Å². The number of hydrogen-bond acceptors (Lipinski definition) is 2. The molecule has 0 saturated carbocycles. The lowest BCUT2D eigenvalue weighted by Gasteiger charge is -2.31. The van der Waals surface area contributed by atoms with E-state index >= 15 is 0 Å². The highest BCUT2D eigenvalue weighted by atomic mass is 35.5. The van der Waals surface area contributed by atoms with E-state index in [4.69, 9.17) is 17.3 Å². The maximum absolute atomic E-state index is 12.3. The molecule has 2 rings (SSSR count). The molecule has 1 aliphatic heterocycles. The van der Waals surface area contributed by atoms with Gasteiger partial charge in [0.1, 0.15) is 0 Å². The van der Waals surface area contributed by atoms with Crippen molar-refractivity contribution in [3.05, 3.63) is 34.3 Å². The van der Waals surface area contributed by atoms with E-state index in [-0.39, 0.29) is 24.4 Å². The second kappa shape index (κ2) is 6.41. The number of amides is 1. The van der Waals surface area contributed by atoms with Crippen LogP contribution in [0.25, 0.3) is 0 Å². The number of nitrogens with zero attached hydrogens (tertiary/aromatic N) is 1. The van der Waals surface area contributed by atoms with Crippen LogP contribution in [0.4, 0.5) is 0 Å². The van der Waals surface area contributed by atoms with Gasteiger partial charge in [-0.1, -0.05) is 11.6 Å². The van der Waals surface area contributed by atoms with Crippen LogP contribution in [0, 0.1) is 6.92 Å². The van der Waals surface area contributed by atoms with Crippen LogP contribution in [0.5, 0.6) is 0 Å². The minimum absolute atomic E-state index is 0. The van der Waals surface area contributed by atoms with Gasteiger partial charge in [-0.25, -0.2) is 0 Å². The van der Waals surface area contributed by atoms with Crippen molar-refractivity contribution in [1.82, 2.24) is 4.90 Å². The van der Waals surface area contributed by atoms with Gasteiger partial charge in [0, 0.05) is 29.7 Å². The van der Waals surface area contributed by atoms with E-state index in [9.17, 15) is 4.79 Å². The molecule has 1 aliphatic rings. The summed E-state index contributed by atoms with van der Waals surface area (Å²) in [5.41, 5.74) is 7.53. The number of piperidine rings is 1. The van der Waals surface area contributed by atoms with Crippen molar-refractivity contribution in [3.8, 4) is 0 Å². The Kier molecular flexibility index (Phi) is 5.45. The quantitative estimate of drug-likeness (QED) is 0.864. The molecule has 1 heterocycles. The standard InChI is InChI=1S/C13H17ClN2O.ClH/c1-9-7-10(14)4-5-12(9)13(17)16-6-2-3-11(15)8-16;/h4-5,7,11H,2-3,6,8,15H2,1H3;1H/t11-;/m1./s1. The highest BCUT2D eigenvalue weighted by molar-refractivity contribution is 6.30. The summed E-state index contributed by atoms with van der Waals surface area (Å²) in [7, 11) is 0. The van der Waals surface area contributed by atoms with Gasteiger partial charge in [0.2, 0.25) is 0 Å². The smallest absolute Gasteiger partial charge is 0.254 e. The first-order chi connectivity index (χ1) is 8.08. The fraction of sp³-hybridized carbons (Fsp3) is 0.462. The molecule has 18 heavy (non-hydrogen) atoms. The molecule has 100 valence electrons. The van der Waals surface area contributed by atoms with Crippen LogP contribution in [-0.4, -0.2) is 29.9 Å². The minimum Gasteiger partial charge on any atom is -0.337 e. The maximum atomic E-state index is 12.3. The van der Waals surface area contributed by atoms with Crippen LogP contribution in [-0.2, 0) is 0 Å². The Morgan fingerprint density at radius 2 is 2.22 bits per heavy atom. The van der Waals surface area contributed by atoms with Gasteiger partial charge in [0.25, 0.3) is 5.91 Å². The summed E-state index contributed by atoms with van der Waals surface area (Å²) in [5.74, 6) is 0.0642. The molecule has 1 atom stereocenters. The minimum atomic E-state index is 0. The summed E-state index contributed by atoms with van der Waals surface area (Å²) in [6.07, 6.45) is 1.99. The highest BCUT2D eigenvalue weighted by Crippen LogP contribution is 2.19. The number of likely N-dealkylation sites (tertiary alicyclic amines) is 1. The van der Waals surface area contributed by atoms with Crippen LogP contribution in [0.1, 0.15) is 28.8 Å². The lowest BCUT2D eigenvalue weighted by atomic mass is 10.0. The van der Waals surface area contributed by atoms with Gasteiger partial charge >= 0.3 is 0 Å². The van der Waals surface area contributed by atoms with Crippen molar-refractivity contribution >= 4 is 29.9 Å². The Morgan fingerprint density at radius 3 is 2.83 bits per heavy atom. The molecule has 0 aliphatic carbocycles. The first-order valence-corrected chi connectivity index (χ1v) is 6.26. The van der Waals surface area contributed by atoms with Crippen molar-refractivity contribution in [2.45, 2.75) is 25.8 Å². The average molecular weight is 289 g/mol. The second-order valence-corrected chi connectivity index (χ2v) is 5.05. The molecule has 0 spiro atoms. The summed E-state index contributed by atoms with van der Waals surface area (Å²) in [4.78, 5) is 14.1. The van der Waals surface area contributed by atoms with Crippen LogP contribution in [0.3, 0.4) is 0 Å². The molecule has 5 heteroatoms. The van der Waals surface area contributed by atoms with E-state index in [0.29, 0.717) is 11.6 Å². The van der Waals surface area contributed by atoms with E-state index in [2.05, 4.69) is 0 Å². The van der Waals surface area contributed by atoms with Crippen LogP contribution < -0.4 is 5.73 Å². The first-order valence-electron chi connectivity index (χ1n) is 5.89. The Bertz CT molecular complexity index is 437. The first kappa shape index (κ1) is 15.3. The molecule has 1 aromatic rings. The second-order valence-electron chi connectivity index (χ2n) is 4.61. The number of nitrogens with two attached hydrogens (primary N) is 1. The predicted octanol–water partition coefficient (Wildman–Crippen LogP) is 2.63.